The molecule has 0 atom stereocenters. The molecule has 29 heavy (non-hydrogen) atoms. The van der Waals surface area contributed by atoms with E-state index in [1.54, 1.807) is 6.92 Å². The highest BCUT2D eigenvalue weighted by molar-refractivity contribution is 14.0. The normalized spacial score (nSPS) is 18.4. The van der Waals surface area contributed by atoms with Gasteiger partial charge in [0.05, 0.1) is 6.54 Å². The second kappa shape index (κ2) is 12.2. The van der Waals surface area contributed by atoms with Gasteiger partial charge in [-0.25, -0.2) is 0 Å². The zero-order valence-electron chi connectivity index (χ0n) is 17.7. The van der Waals surface area contributed by atoms with Gasteiger partial charge in [-0.3, -0.25) is 14.7 Å². The number of nitrogens with one attached hydrogen (secondary N) is 1. The molecule has 0 unspecified atom stereocenters. The summed E-state index contributed by atoms with van der Waals surface area (Å²) in [7, 11) is 0. The maximum atomic E-state index is 11.4. The first-order chi connectivity index (χ1) is 13.7. The van der Waals surface area contributed by atoms with E-state index in [-0.39, 0.29) is 29.9 Å². The van der Waals surface area contributed by atoms with Gasteiger partial charge in [-0.15, -0.1) is 24.0 Å². The minimum Gasteiger partial charge on any atom is -0.368 e. The van der Waals surface area contributed by atoms with Crippen molar-refractivity contribution in [3.63, 3.8) is 0 Å². The number of piperazine rings is 2. The van der Waals surface area contributed by atoms with E-state index in [1.165, 1.54) is 5.69 Å². The van der Waals surface area contributed by atoms with Crippen molar-refractivity contribution in [1.82, 2.24) is 20.0 Å². The monoisotopic (exact) mass is 514 g/mol. The quantitative estimate of drug-likeness (QED) is 0.367. The van der Waals surface area contributed by atoms with Crippen LogP contribution in [-0.2, 0) is 4.79 Å². The molecule has 1 amide bonds. The molecule has 2 aliphatic rings. The molecule has 0 saturated carbocycles. The molecule has 162 valence electrons. The fourth-order valence-electron chi connectivity index (χ4n) is 3.82. The highest BCUT2D eigenvalue weighted by atomic mass is 127. The van der Waals surface area contributed by atoms with E-state index in [4.69, 9.17) is 4.99 Å². The molecule has 3 rings (SSSR count). The minimum atomic E-state index is 0. The van der Waals surface area contributed by atoms with Gasteiger partial charge in [-0.1, -0.05) is 18.2 Å². The maximum absolute atomic E-state index is 11.4. The van der Waals surface area contributed by atoms with Crippen molar-refractivity contribution in [3.8, 4) is 0 Å². The molecule has 1 aromatic carbocycles. The Labute approximate surface area is 192 Å². The average molecular weight is 514 g/mol. The van der Waals surface area contributed by atoms with E-state index in [0.717, 1.165) is 78.0 Å². The summed E-state index contributed by atoms with van der Waals surface area (Å²) >= 11 is 0. The number of nitrogens with zero attached hydrogens (tertiary/aromatic N) is 5. The zero-order chi connectivity index (χ0) is 19.8. The van der Waals surface area contributed by atoms with E-state index in [1.807, 2.05) is 4.90 Å². The third-order valence-corrected chi connectivity index (χ3v) is 5.53. The highest BCUT2D eigenvalue weighted by Gasteiger charge is 2.20. The lowest BCUT2D eigenvalue weighted by molar-refractivity contribution is -0.130. The number of aliphatic imine (C=N–C) groups is 1. The Balaban J connectivity index is 0.00000300. The number of anilines is 1. The van der Waals surface area contributed by atoms with Crippen LogP contribution in [0.2, 0.25) is 0 Å². The Morgan fingerprint density at radius 2 is 1.59 bits per heavy atom. The Kier molecular flexibility index (Phi) is 9.99. The summed E-state index contributed by atoms with van der Waals surface area (Å²) in [5.74, 6) is 1.21. The van der Waals surface area contributed by atoms with E-state index in [9.17, 15) is 4.79 Å². The topological polar surface area (TPSA) is 54.4 Å². The Morgan fingerprint density at radius 3 is 2.17 bits per heavy atom. The van der Waals surface area contributed by atoms with Gasteiger partial charge in [-0.2, -0.15) is 0 Å². The van der Waals surface area contributed by atoms with Gasteiger partial charge in [0.15, 0.2) is 5.96 Å². The molecule has 0 bridgehead atoms. The van der Waals surface area contributed by atoms with Crippen molar-refractivity contribution in [2.24, 2.45) is 4.99 Å². The van der Waals surface area contributed by atoms with Gasteiger partial charge in [0.1, 0.15) is 0 Å². The Morgan fingerprint density at radius 1 is 0.966 bits per heavy atom. The molecular formula is C21H35IN6O. The molecule has 1 aromatic rings. The molecule has 8 heteroatoms. The van der Waals surface area contributed by atoms with Gasteiger partial charge in [-0.05, 0) is 19.1 Å². The molecule has 2 saturated heterocycles. The van der Waals surface area contributed by atoms with Crippen LogP contribution >= 0.6 is 24.0 Å². The molecular weight excluding hydrogens is 479 g/mol. The molecule has 2 heterocycles. The van der Waals surface area contributed by atoms with Crippen LogP contribution in [0.15, 0.2) is 35.3 Å². The molecule has 7 nitrogen and oxygen atoms in total. The first-order valence-electron chi connectivity index (χ1n) is 10.5. The Bertz CT molecular complexity index is 640. The van der Waals surface area contributed by atoms with Crippen LogP contribution in [0.25, 0.3) is 0 Å². The number of hydrogen-bond donors (Lipinski definition) is 1. The number of rotatable bonds is 5. The van der Waals surface area contributed by atoms with Gasteiger partial charge in [0.2, 0.25) is 5.91 Å². The summed E-state index contributed by atoms with van der Waals surface area (Å²) < 4.78 is 0. The number of para-hydroxylation sites is 1. The Hall–Kier alpha value is -1.55. The smallest absolute Gasteiger partial charge is 0.219 e. The van der Waals surface area contributed by atoms with E-state index < -0.39 is 0 Å². The van der Waals surface area contributed by atoms with Gasteiger partial charge < -0.3 is 20.0 Å². The van der Waals surface area contributed by atoms with E-state index in [0.29, 0.717) is 0 Å². The van der Waals surface area contributed by atoms with Crippen LogP contribution < -0.4 is 10.2 Å². The first-order valence-corrected chi connectivity index (χ1v) is 10.5. The number of guanidine groups is 1. The summed E-state index contributed by atoms with van der Waals surface area (Å²) in [5, 5.41) is 3.45. The fourth-order valence-corrected chi connectivity index (χ4v) is 3.82. The number of carbonyl (C=O) groups excluding carboxylic acids is 1. The number of carbonyl (C=O) groups is 1. The zero-order valence-corrected chi connectivity index (χ0v) is 20.0. The van der Waals surface area contributed by atoms with E-state index in [2.05, 4.69) is 57.3 Å². The highest BCUT2D eigenvalue weighted by Crippen LogP contribution is 2.15. The van der Waals surface area contributed by atoms with Crippen LogP contribution in [0.4, 0.5) is 5.69 Å². The predicted molar refractivity (Wildman–Crippen MR) is 130 cm³/mol. The number of halogens is 1. The third kappa shape index (κ3) is 7.02. The molecule has 0 aliphatic carbocycles. The SMILES string of the molecule is CCNC(=NCCN1CCN(C(C)=O)CC1)N1CCN(c2ccccc2)CC1.I. The second-order valence-corrected chi connectivity index (χ2v) is 7.39. The molecule has 0 aromatic heterocycles. The summed E-state index contributed by atoms with van der Waals surface area (Å²) in [5.41, 5.74) is 1.30. The lowest BCUT2D eigenvalue weighted by Gasteiger charge is -2.38. The van der Waals surface area contributed by atoms with Crippen LogP contribution in [0.5, 0.6) is 0 Å². The largest absolute Gasteiger partial charge is 0.368 e. The second-order valence-electron chi connectivity index (χ2n) is 7.39. The van der Waals surface area contributed by atoms with Gasteiger partial charge in [0.25, 0.3) is 0 Å². The lowest BCUT2D eigenvalue weighted by atomic mass is 10.2. The van der Waals surface area contributed by atoms with Gasteiger partial charge >= 0.3 is 0 Å². The van der Waals surface area contributed by atoms with Crippen LogP contribution in [0, 0.1) is 0 Å². The molecule has 1 N–H and O–H groups in total. The van der Waals surface area contributed by atoms with Crippen molar-refractivity contribution >= 4 is 41.5 Å². The number of amides is 1. The summed E-state index contributed by atoms with van der Waals surface area (Å²) in [6.45, 7) is 14.0. The van der Waals surface area contributed by atoms with Crippen molar-refractivity contribution < 1.29 is 4.79 Å². The van der Waals surface area contributed by atoms with Crippen molar-refractivity contribution in [1.29, 1.82) is 0 Å². The fraction of sp³-hybridized carbons (Fsp3) is 0.619. The van der Waals surface area contributed by atoms with Crippen molar-refractivity contribution in [3.05, 3.63) is 30.3 Å². The van der Waals surface area contributed by atoms with Crippen LogP contribution in [-0.4, -0.2) is 98.6 Å². The van der Waals surface area contributed by atoms with Crippen LogP contribution in [0.1, 0.15) is 13.8 Å². The molecule has 2 aliphatic heterocycles. The number of hydrogen-bond acceptors (Lipinski definition) is 4. The average Bonchev–Trinajstić information content (AvgIpc) is 2.74. The minimum absolute atomic E-state index is 0. The molecule has 0 radical (unpaired) electrons. The van der Waals surface area contributed by atoms with Crippen LogP contribution in [0.3, 0.4) is 0 Å². The maximum Gasteiger partial charge on any atom is 0.219 e. The molecule has 2 fully saturated rings. The standard InChI is InChI=1S/C21H34N6O.HI/c1-3-22-21(23-9-10-24-11-13-25(14-12-24)19(2)28)27-17-15-26(16-18-27)20-7-5-4-6-8-20;/h4-8H,3,9-18H2,1-2H3,(H,22,23);1H. The van der Waals surface area contributed by atoms with Crippen molar-refractivity contribution in [2.75, 3.05) is 76.9 Å². The number of benzene rings is 1. The van der Waals surface area contributed by atoms with Crippen molar-refractivity contribution in [2.45, 2.75) is 13.8 Å². The van der Waals surface area contributed by atoms with Gasteiger partial charge in [0, 0.05) is 78.1 Å². The molecule has 0 spiro atoms. The summed E-state index contributed by atoms with van der Waals surface area (Å²) in [4.78, 5) is 25.5. The summed E-state index contributed by atoms with van der Waals surface area (Å²) in [6.07, 6.45) is 0. The first kappa shape index (κ1) is 23.7. The third-order valence-electron chi connectivity index (χ3n) is 5.53. The van der Waals surface area contributed by atoms with E-state index >= 15 is 0 Å². The lowest BCUT2D eigenvalue weighted by Crippen LogP contribution is -2.53. The predicted octanol–water partition coefficient (Wildman–Crippen LogP) is 1.56. The summed E-state index contributed by atoms with van der Waals surface area (Å²) in [6, 6.07) is 10.6.